The van der Waals surface area contributed by atoms with Gasteiger partial charge in [-0.2, -0.15) is 0 Å². The number of methoxy groups -OCH3 is 1. The summed E-state index contributed by atoms with van der Waals surface area (Å²) in [6, 6.07) is 8.15. The van der Waals surface area contributed by atoms with Crippen molar-refractivity contribution < 1.29 is 4.74 Å². The van der Waals surface area contributed by atoms with Crippen LogP contribution in [-0.2, 0) is 6.42 Å². The topological polar surface area (TPSA) is 53.8 Å². The molecule has 0 radical (unpaired) electrons. The number of ether oxygens (including phenoxy) is 1. The average Bonchev–Trinajstić information content (AvgIpc) is 2.50. The van der Waals surface area contributed by atoms with Crippen LogP contribution in [0.1, 0.15) is 12.5 Å². The summed E-state index contributed by atoms with van der Waals surface area (Å²) in [6.07, 6.45) is 0.847. The number of piperazine rings is 1. The van der Waals surface area contributed by atoms with E-state index in [2.05, 4.69) is 35.4 Å². The Morgan fingerprint density at radius 1 is 1.24 bits per heavy atom. The molecule has 1 aliphatic heterocycles. The summed E-state index contributed by atoms with van der Waals surface area (Å²) in [7, 11) is 3.88. The number of rotatable bonds is 6. The van der Waals surface area contributed by atoms with E-state index >= 15 is 0 Å². The van der Waals surface area contributed by atoms with E-state index in [-0.39, 0.29) is 5.54 Å². The Hall–Kier alpha value is -1.14. The van der Waals surface area contributed by atoms with E-state index < -0.39 is 0 Å². The number of nitrogens with zero attached hydrogens (tertiary/aromatic N) is 2. The molecule has 1 atom stereocenters. The van der Waals surface area contributed by atoms with Crippen LogP contribution in [-0.4, -0.2) is 62.3 Å². The van der Waals surface area contributed by atoms with Crippen molar-refractivity contribution in [3.8, 4) is 5.75 Å². The molecule has 5 heteroatoms. The molecule has 1 aromatic rings. The lowest BCUT2D eigenvalue weighted by atomic mass is 9.93. The van der Waals surface area contributed by atoms with Crippen molar-refractivity contribution in [1.82, 2.24) is 15.3 Å². The fourth-order valence-electron chi connectivity index (χ4n) is 2.73. The molecule has 0 amide bonds. The van der Waals surface area contributed by atoms with Gasteiger partial charge in [-0.05, 0) is 32.0 Å². The molecule has 0 aliphatic carbocycles. The van der Waals surface area contributed by atoms with Crippen molar-refractivity contribution in [2.45, 2.75) is 18.9 Å². The van der Waals surface area contributed by atoms with Crippen LogP contribution in [0.3, 0.4) is 0 Å². The third kappa shape index (κ3) is 4.41. The largest absolute Gasteiger partial charge is 0.496 e. The summed E-state index contributed by atoms with van der Waals surface area (Å²) < 4.78 is 5.45. The molecule has 0 bridgehead atoms. The van der Waals surface area contributed by atoms with Crippen molar-refractivity contribution in [1.29, 1.82) is 0 Å². The van der Waals surface area contributed by atoms with E-state index in [0.717, 1.165) is 38.3 Å². The fourth-order valence-corrected chi connectivity index (χ4v) is 2.73. The second-order valence-corrected chi connectivity index (χ2v) is 6.16. The second-order valence-electron chi connectivity index (χ2n) is 6.16. The normalized spacial score (nSPS) is 20.2. The van der Waals surface area contributed by atoms with Gasteiger partial charge in [-0.1, -0.05) is 18.2 Å². The molecule has 0 spiro atoms. The lowest BCUT2D eigenvalue weighted by molar-refractivity contribution is 0.0604. The highest BCUT2D eigenvalue weighted by Gasteiger charge is 2.27. The monoisotopic (exact) mass is 292 g/mol. The molecule has 3 N–H and O–H groups in total. The Kier molecular flexibility index (Phi) is 5.58. The summed E-state index contributed by atoms with van der Waals surface area (Å²) in [5.74, 6) is 0.928. The standard InChI is InChI=1S/C16H28N4O/c1-16(13-17,18-20-10-8-19(2)9-11-20)12-14-6-4-5-7-15(14)21-3/h4-7,18H,8-13,17H2,1-3H3. The summed E-state index contributed by atoms with van der Waals surface area (Å²) in [4.78, 5) is 2.35. The van der Waals surface area contributed by atoms with Crippen LogP contribution in [0.25, 0.3) is 0 Å². The van der Waals surface area contributed by atoms with E-state index in [1.165, 1.54) is 5.56 Å². The molecule has 2 rings (SSSR count). The van der Waals surface area contributed by atoms with Gasteiger partial charge in [-0.15, -0.1) is 0 Å². The van der Waals surface area contributed by atoms with E-state index in [4.69, 9.17) is 10.5 Å². The SMILES string of the molecule is COc1ccccc1CC(C)(CN)NN1CCN(C)CC1. The minimum Gasteiger partial charge on any atom is -0.496 e. The molecule has 118 valence electrons. The minimum atomic E-state index is -0.162. The van der Waals surface area contributed by atoms with Gasteiger partial charge >= 0.3 is 0 Å². The van der Waals surface area contributed by atoms with Crippen molar-refractivity contribution in [2.75, 3.05) is 46.9 Å². The molecule has 1 saturated heterocycles. The number of benzene rings is 1. The lowest BCUT2D eigenvalue weighted by Crippen LogP contribution is -2.61. The molecular formula is C16H28N4O. The third-order valence-corrected chi connectivity index (χ3v) is 4.15. The average molecular weight is 292 g/mol. The first-order valence-electron chi connectivity index (χ1n) is 7.59. The van der Waals surface area contributed by atoms with Gasteiger partial charge in [0.2, 0.25) is 0 Å². The molecule has 1 fully saturated rings. The van der Waals surface area contributed by atoms with Gasteiger partial charge in [0.1, 0.15) is 5.75 Å². The van der Waals surface area contributed by atoms with Gasteiger partial charge in [0, 0.05) is 38.3 Å². The van der Waals surface area contributed by atoms with Crippen molar-refractivity contribution in [3.05, 3.63) is 29.8 Å². The van der Waals surface area contributed by atoms with Crippen LogP contribution in [0.15, 0.2) is 24.3 Å². The molecular weight excluding hydrogens is 264 g/mol. The Morgan fingerprint density at radius 3 is 2.52 bits per heavy atom. The van der Waals surface area contributed by atoms with Crippen molar-refractivity contribution in [2.24, 2.45) is 5.73 Å². The zero-order valence-corrected chi connectivity index (χ0v) is 13.4. The number of nitrogens with one attached hydrogen (secondary N) is 1. The number of hydrogen-bond acceptors (Lipinski definition) is 5. The maximum Gasteiger partial charge on any atom is 0.122 e. The highest BCUT2D eigenvalue weighted by molar-refractivity contribution is 5.34. The first-order chi connectivity index (χ1) is 10.1. The minimum absolute atomic E-state index is 0.162. The van der Waals surface area contributed by atoms with Crippen LogP contribution in [0, 0.1) is 0 Å². The number of likely N-dealkylation sites (N-methyl/N-ethyl adjacent to an activating group) is 1. The van der Waals surface area contributed by atoms with Crippen LogP contribution in [0.5, 0.6) is 5.75 Å². The van der Waals surface area contributed by atoms with Crippen LogP contribution in [0.2, 0.25) is 0 Å². The summed E-state index contributed by atoms with van der Waals surface area (Å²) in [6.45, 7) is 6.98. The summed E-state index contributed by atoms with van der Waals surface area (Å²) in [5.41, 5.74) is 10.7. The van der Waals surface area contributed by atoms with Gasteiger partial charge < -0.3 is 15.4 Å². The van der Waals surface area contributed by atoms with Crippen LogP contribution >= 0.6 is 0 Å². The summed E-state index contributed by atoms with van der Waals surface area (Å²) in [5, 5.41) is 2.29. The zero-order valence-electron chi connectivity index (χ0n) is 13.4. The van der Waals surface area contributed by atoms with Gasteiger partial charge in [0.15, 0.2) is 0 Å². The number of nitrogens with two attached hydrogens (primary N) is 1. The second kappa shape index (κ2) is 7.22. The first kappa shape index (κ1) is 16.2. The molecule has 1 unspecified atom stereocenters. The Labute approximate surface area is 128 Å². The number of hydrogen-bond donors (Lipinski definition) is 2. The Morgan fingerprint density at radius 2 is 1.90 bits per heavy atom. The lowest BCUT2D eigenvalue weighted by Gasteiger charge is -2.40. The Balaban J connectivity index is 2.03. The summed E-state index contributed by atoms with van der Waals surface area (Å²) >= 11 is 0. The molecule has 5 nitrogen and oxygen atoms in total. The van der Waals surface area contributed by atoms with E-state index in [0.29, 0.717) is 6.54 Å². The molecule has 0 aromatic heterocycles. The van der Waals surface area contributed by atoms with E-state index in [1.54, 1.807) is 7.11 Å². The highest BCUT2D eigenvalue weighted by atomic mass is 16.5. The van der Waals surface area contributed by atoms with Gasteiger partial charge in [-0.3, -0.25) is 0 Å². The molecule has 1 aliphatic rings. The predicted molar refractivity (Wildman–Crippen MR) is 86.4 cm³/mol. The first-order valence-corrected chi connectivity index (χ1v) is 7.59. The quantitative estimate of drug-likeness (QED) is 0.809. The molecule has 21 heavy (non-hydrogen) atoms. The predicted octanol–water partition coefficient (Wildman–Crippen LogP) is 0.707. The Bertz CT molecular complexity index is 446. The van der Waals surface area contributed by atoms with Crippen molar-refractivity contribution in [3.63, 3.8) is 0 Å². The fraction of sp³-hybridized carbons (Fsp3) is 0.625. The van der Waals surface area contributed by atoms with Crippen LogP contribution < -0.4 is 15.9 Å². The van der Waals surface area contributed by atoms with E-state index in [1.807, 2.05) is 18.2 Å². The van der Waals surface area contributed by atoms with Crippen molar-refractivity contribution >= 4 is 0 Å². The molecule has 1 aromatic carbocycles. The smallest absolute Gasteiger partial charge is 0.122 e. The zero-order chi connectivity index (χ0) is 15.3. The number of hydrazine groups is 1. The van der Waals surface area contributed by atoms with Gasteiger partial charge in [-0.25, -0.2) is 10.4 Å². The molecule has 0 saturated carbocycles. The number of para-hydroxylation sites is 1. The maximum absolute atomic E-state index is 6.05. The molecule has 1 heterocycles. The maximum atomic E-state index is 6.05. The van der Waals surface area contributed by atoms with E-state index in [9.17, 15) is 0 Å². The van der Waals surface area contributed by atoms with Gasteiger partial charge in [0.25, 0.3) is 0 Å². The van der Waals surface area contributed by atoms with Gasteiger partial charge in [0.05, 0.1) is 7.11 Å². The third-order valence-electron chi connectivity index (χ3n) is 4.15. The van der Waals surface area contributed by atoms with Crippen LogP contribution in [0.4, 0.5) is 0 Å². The highest BCUT2D eigenvalue weighted by Crippen LogP contribution is 2.22.